The van der Waals surface area contributed by atoms with Gasteiger partial charge in [0.25, 0.3) is 0 Å². The van der Waals surface area contributed by atoms with Crippen LogP contribution in [0.15, 0.2) is 35.7 Å². The van der Waals surface area contributed by atoms with E-state index in [2.05, 4.69) is 28.8 Å². The molecule has 2 unspecified atom stereocenters. The minimum Gasteiger partial charge on any atom is -0.494 e. The summed E-state index contributed by atoms with van der Waals surface area (Å²) in [6.45, 7) is 4.31. The smallest absolute Gasteiger partial charge is 0.239 e. The molecular weight excluding hydrogens is 444 g/mol. The predicted octanol–water partition coefficient (Wildman–Crippen LogP) is 5.65. The van der Waals surface area contributed by atoms with Crippen LogP contribution in [0.5, 0.6) is 11.5 Å². The Hall–Kier alpha value is -2.23. The summed E-state index contributed by atoms with van der Waals surface area (Å²) in [7, 11) is 3.27. The number of hydrogen-bond donors (Lipinski definition) is 2. The molecule has 1 aromatic carbocycles. The van der Waals surface area contributed by atoms with Crippen molar-refractivity contribution in [1.82, 2.24) is 14.8 Å². The van der Waals surface area contributed by atoms with E-state index in [1.165, 1.54) is 11.9 Å². The van der Waals surface area contributed by atoms with Crippen LogP contribution in [0.25, 0.3) is 16.4 Å². The molecule has 0 radical (unpaired) electrons. The Balaban J connectivity index is 1.84. The number of hydrogen-bond acceptors (Lipinski definition) is 8. The quantitative estimate of drug-likeness (QED) is 0.244. The molecule has 0 saturated heterocycles. The van der Waals surface area contributed by atoms with Gasteiger partial charge in [0.15, 0.2) is 5.82 Å². The molecule has 0 bridgehead atoms. The summed E-state index contributed by atoms with van der Waals surface area (Å²) in [6, 6.07) is 9.67. The third-order valence-corrected chi connectivity index (χ3v) is 7.07. The zero-order chi connectivity index (χ0) is 22.9. The number of benzene rings is 1. The van der Waals surface area contributed by atoms with Gasteiger partial charge in [0, 0.05) is 5.75 Å². The summed E-state index contributed by atoms with van der Waals surface area (Å²) in [5, 5.41) is 21.4. The highest BCUT2D eigenvalue weighted by molar-refractivity contribution is 8.00. The zero-order valence-electron chi connectivity index (χ0n) is 19.1. The Morgan fingerprint density at radius 3 is 2.44 bits per heavy atom. The van der Waals surface area contributed by atoms with Crippen LogP contribution in [-0.4, -0.2) is 45.9 Å². The first-order chi connectivity index (χ1) is 15.6. The number of anilines is 1. The number of nitrogens with one attached hydrogen (secondary N) is 1. The van der Waals surface area contributed by atoms with Crippen LogP contribution >= 0.6 is 23.3 Å². The van der Waals surface area contributed by atoms with Crippen LogP contribution in [0.2, 0.25) is 0 Å². The molecule has 0 amide bonds. The molecule has 0 fully saturated rings. The minimum absolute atomic E-state index is 0.289. The topological polar surface area (TPSA) is 81.4 Å². The second-order valence-electron chi connectivity index (χ2n) is 7.43. The first kappa shape index (κ1) is 24.4. The number of aliphatic hydroxyl groups is 1. The molecule has 0 aliphatic rings. The van der Waals surface area contributed by atoms with Crippen molar-refractivity contribution >= 4 is 29.2 Å². The second-order valence-corrected chi connectivity index (χ2v) is 9.28. The predicted molar refractivity (Wildman–Crippen MR) is 133 cm³/mol. The van der Waals surface area contributed by atoms with Gasteiger partial charge in [-0.05, 0) is 42.3 Å². The van der Waals surface area contributed by atoms with Gasteiger partial charge in [-0.3, -0.25) is 9.29 Å². The van der Waals surface area contributed by atoms with Crippen LogP contribution < -0.4 is 14.2 Å². The molecular formula is C23H32N4O3S2. The highest BCUT2D eigenvalue weighted by atomic mass is 32.2. The van der Waals surface area contributed by atoms with Gasteiger partial charge in [-0.15, -0.1) is 21.5 Å². The van der Waals surface area contributed by atoms with Gasteiger partial charge in [0.05, 0.1) is 25.2 Å². The maximum atomic E-state index is 10.5. The molecule has 3 aromatic rings. The second kappa shape index (κ2) is 12.1. The fourth-order valence-corrected chi connectivity index (χ4v) is 5.17. The fraction of sp³-hybridized carbons (Fsp3) is 0.478. The lowest BCUT2D eigenvalue weighted by molar-refractivity contribution is 0.0969. The highest BCUT2D eigenvalue weighted by Crippen LogP contribution is 2.38. The largest absolute Gasteiger partial charge is 0.494 e. The van der Waals surface area contributed by atoms with Crippen molar-refractivity contribution in [1.29, 1.82) is 0 Å². The third kappa shape index (κ3) is 5.57. The van der Waals surface area contributed by atoms with Crippen molar-refractivity contribution in [2.45, 2.75) is 45.6 Å². The zero-order valence-corrected chi connectivity index (χ0v) is 20.7. The van der Waals surface area contributed by atoms with E-state index in [-0.39, 0.29) is 6.10 Å². The van der Waals surface area contributed by atoms with E-state index in [1.54, 1.807) is 25.6 Å². The lowest BCUT2D eigenvalue weighted by Gasteiger charge is -2.21. The van der Waals surface area contributed by atoms with Gasteiger partial charge in [-0.2, -0.15) is 0 Å². The summed E-state index contributed by atoms with van der Waals surface area (Å²) in [4.78, 5) is 0.990. The lowest BCUT2D eigenvalue weighted by Crippen LogP contribution is -2.20. The van der Waals surface area contributed by atoms with E-state index in [0.29, 0.717) is 29.2 Å². The SMILES string of the molecule is CCCC(CC)C(O)CCSNc1nnc(-c2cccs2)n1-c1c(OC)cccc1OC. The Morgan fingerprint density at radius 1 is 1.09 bits per heavy atom. The number of aliphatic hydroxyl groups excluding tert-OH is 1. The summed E-state index contributed by atoms with van der Waals surface area (Å²) >= 11 is 3.11. The Bertz CT molecular complexity index is 940. The average molecular weight is 477 g/mol. The molecule has 0 spiro atoms. The fourth-order valence-electron chi connectivity index (χ4n) is 3.75. The van der Waals surface area contributed by atoms with Gasteiger partial charge < -0.3 is 14.6 Å². The van der Waals surface area contributed by atoms with Crippen LogP contribution in [0.1, 0.15) is 39.5 Å². The molecule has 2 aromatic heterocycles. The van der Waals surface area contributed by atoms with Crippen LogP contribution in [0.4, 0.5) is 5.95 Å². The maximum absolute atomic E-state index is 10.5. The lowest BCUT2D eigenvalue weighted by atomic mass is 9.93. The molecule has 32 heavy (non-hydrogen) atoms. The molecule has 2 atom stereocenters. The van der Waals surface area contributed by atoms with E-state index < -0.39 is 0 Å². The highest BCUT2D eigenvalue weighted by Gasteiger charge is 2.23. The Morgan fingerprint density at radius 2 is 1.84 bits per heavy atom. The van der Waals surface area contributed by atoms with E-state index in [4.69, 9.17) is 9.47 Å². The number of rotatable bonds is 13. The summed E-state index contributed by atoms with van der Waals surface area (Å²) in [5.41, 5.74) is 0.739. The number of ether oxygens (including phenoxy) is 2. The Kier molecular flexibility index (Phi) is 9.25. The Labute approximate surface area is 198 Å². The molecule has 3 rings (SSSR count). The number of thiophene rings is 1. The third-order valence-electron chi connectivity index (χ3n) is 5.44. The molecule has 2 heterocycles. The molecule has 2 N–H and O–H groups in total. The van der Waals surface area contributed by atoms with E-state index in [1.807, 2.05) is 40.3 Å². The van der Waals surface area contributed by atoms with Crippen molar-refractivity contribution < 1.29 is 14.6 Å². The summed E-state index contributed by atoms with van der Waals surface area (Å²) in [6.07, 6.45) is 3.58. The summed E-state index contributed by atoms with van der Waals surface area (Å²) in [5.74, 6) is 3.72. The van der Waals surface area contributed by atoms with E-state index >= 15 is 0 Å². The minimum atomic E-state index is -0.289. The number of nitrogens with zero attached hydrogens (tertiary/aromatic N) is 3. The van der Waals surface area contributed by atoms with Gasteiger partial charge in [0.2, 0.25) is 5.95 Å². The van der Waals surface area contributed by atoms with E-state index in [0.717, 1.165) is 42.0 Å². The number of aromatic nitrogens is 3. The molecule has 0 aliphatic heterocycles. The van der Waals surface area contributed by atoms with Gasteiger partial charge in [0.1, 0.15) is 17.2 Å². The summed E-state index contributed by atoms with van der Waals surface area (Å²) < 4.78 is 16.5. The molecule has 174 valence electrons. The van der Waals surface area contributed by atoms with Crippen molar-refractivity contribution in [3.05, 3.63) is 35.7 Å². The van der Waals surface area contributed by atoms with E-state index in [9.17, 15) is 5.11 Å². The van der Waals surface area contributed by atoms with Crippen molar-refractivity contribution in [3.63, 3.8) is 0 Å². The standard InChI is InChI=1S/C23H32N4O3S2/c1-5-9-16(6-2)17(28)13-15-32-26-23-25-24-22(20-12-8-14-31-20)27(23)21-18(29-3)10-7-11-19(21)30-4/h7-8,10-12,14,16-17,28H,5-6,9,13,15H2,1-4H3,(H,25,26). The average Bonchev–Trinajstić information content (AvgIpc) is 3.49. The van der Waals surface area contributed by atoms with Crippen LogP contribution in [0.3, 0.4) is 0 Å². The van der Waals surface area contributed by atoms with Crippen LogP contribution in [0, 0.1) is 5.92 Å². The van der Waals surface area contributed by atoms with Gasteiger partial charge in [-0.25, -0.2) is 0 Å². The number of para-hydroxylation sites is 1. The monoisotopic (exact) mass is 476 g/mol. The molecule has 9 heteroatoms. The molecule has 0 saturated carbocycles. The van der Waals surface area contributed by atoms with Crippen molar-refractivity contribution in [3.8, 4) is 27.9 Å². The molecule has 7 nitrogen and oxygen atoms in total. The van der Waals surface area contributed by atoms with Crippen LogP contribution in [-0.2, 0) is 0 Å². The maximum Gasteiger partial charge on any atom is 0.239 e. The molecule has 0 aliphatic carbocycles. The van der Waals surface area contributed by atoms with Gasteiger partial charge >= 0.3 is 0 Å². The van der Waals surface area contributed by atoms with Crippen molar-refractivity contribution in [2.75, 3.05) is 24.7 Å². The normalized spacial score (nSPS) is 13.0. The van der Waals surface area contributed by atoms with Crippen molar-refractivity contribution in [2.24, 2.45) is 5.92 Å². The first-order valence-corrected chi connectivity index (χ1v) is 12.8. The number of methoxy groups -OCH3 is 2. The van der Waals surface area contributed by atoms with Gasteiger partial charge in [-0.1, -0.05) is 50.8 Å². The first-order valence-electron chi connectivity index (χ1n) is 10.9.